The van der Waals surface area contributed by atoms with Gasteiger partial charge in [0.25, 0.3) is 0 Å². The van der Waals surface area contributed by atoms with Crippen molar-refractivity contribution in [2.45, 2.75) is 32.6 Å². The Morgan fingerprint density at radius 3 is 2.67 bits per heavy atom. The molecule has 0 bridgehead atoms. The van der Waals surface area contributed by atoms with Crippen LogP contribution in [0.1, 0.15) is 30.9 Å². The third kappa shape index (κ3) is 2.52. The summed E-state index contributed by atoms with van der Waals surface area (Å²) in [5, 5.41) is 7.60. The lowest BCUT2D eigenvalue weighted by atomic mass is 9.77. The molecule has 2 heterocycles. The van der Waals surface area contributed by atoms with E-state index in [9.17, 15) is 0 Å². The number of fused-ring (bicyclic) bond motifs is 1. The number of ether oxygens (including phenoxy) is 1. The van der Waals surface area contributed by atoms with Crippen molar-refractivity contribution >= 4 is 11.9 Å². The number of methoxy groups -OCH3 is 1. The van der Waals surface area contributed by atoms with Crippen LogP contribution >= 0.6 is 0 Å². The molecule has 0 spiro atoms. The molecule has 0 amide bonds. The Kier molecular flexibility index (Phi) is 4.22. The number of aryl methyl sites for hydroxylation is 1. The van der Waals surface area contributed by atoms with Crippen molar-refractivity contribution in [3.63, 3.8) is 0 Å². The largest absolute Gasteiger partial charge is 0.497 e. The summed E-state index contributed by atoms with van der Waals surface area (Å²) in [6.45, 7) is 7.17. The number of likely N-dealkylation sites (N-methyl/N-ethyl adjacent to an activating group) is 1. The van der Waals surface area contributed by atoms with Crippen LogP contribution in [0.4, 0.5) is 5.69 Å². The zero-order valence-electron chi connectivity index (χ0n) is 14.7. The van der Waals surface area contributed by atoms with Gasteiger partial charge in [-0.3, -0.25) is 0 Å². The van der Waals surface area contributed by atoms with Gasteiger partial charge in [-0.25, -0.2) is 0 Å². The van der Waals surface area contributed by atoms with E-state index in [0.717, 1.165) is 35.9 Å². The lowest BCUT2D eigenvalue weighted by Gasteiger charge is -2.29. The molecule has 3 rings (SSSR count). The van der Waals surface area contributed by atoms with Gasteiger partial charge in [0.1, 0.15) is 17.3 Å². The SMILES string of the molecule is CCN1/C(=C\C=N)C(C)(Cc2ccc(C)o2)c2cc(OC)ccc21. The average molecular weight is 324 g/mol. The van der Waals surface area contributed by atoms with Gasteiger partial charge in [-0.1, -0.05) is 0 Å². The Balaban J connectivity index is 2.17. The first-order valence-electron chi connectivity index (χ1n) is 8.26. The predicted octanol–water partition coefficient (Wildman–Crippen LogP) is 4.47. The van der Waals surface area contributed by atoms with Gasteiger partial charge in [0.15, 0.2) is 0 Å². The number of hydrogen-bond acceptors (Lipinski definition) is 4. The van der Waals surface area contributed by atoms with Crippen molar-refractivity contribution in [3.8, 4) is 5.75 Å². The second-order valence-corrected chi connectivity index (χ2v) is 6.37. The third-order valence-corrected chi connectivity index (χ3v) is 4.83. The van der Waals surface area contributed by atoms with E-state index in [-0.39, 0.29) is 5.41 Å². The van der Waals surface area contributed by atoms with Crippen LogP contribution in [0.3, 0.4) is 0 Å². The summed E-state index contributed by atoms with van der Waals surface area (Å²) in [5.41, 5.74) is 3.25. The molecule has 1 aromatic carbocycles. The van der Waals surface area contributed by atoms with Crippen molar-refractivity contribution in [2.24, 2.45) is 0 Å². The molecule has 2 aromatic rings. The van der Waals surface area contributed by atoms with Crippen LogP contribution in [0.5, 0.6) is 5.75 Å². The van der Waals surface area contributed by atoms with E-state index in [1.54, 1.807) is 7.11 Å². The molecule has 1 aromatic heterocycles. The number of rotatable bonds is 5. The smallest absolute Gasteiger partial charge is 0.119 e. The minimum absolute atomic E-state index is 0.262. The molecule has 0 saturated heterocycles. The standard InChI is InChI=1S/C20H24N2O2/c1-5-22-18-9-8-15(23-4)12-17(18)20(3,19(22)10-11-21)13-16-7-6-14(2)24-16/h6-12,21H,5,13H2,1-4H3/b19-10-,21-11?. The van der Waals surface area contributed by atoms with Gasteiger partial charge in [-0.2, -0.15) is 0 Å². The summed E-state index contributed by atoms with van der Waals surface area (Å²) in [6, 6.07) is 10.2. The monoisotopic (exact) mass is 324 g/mol. The maximum absolute atomic E-state index is 7.60. The van der Waals surface area contributed by atoms with Gasteiger partial charge in [0, 0.05) is 36.0 Å². The Hall–Kier alpha value is -2.49. The molecule has 4 heteroatoms. The quantitative estimate of drug-likeness (QED) is 0.826. The molecule has 1 aliphatic rings. The molecule has 0 fully saturated rings. The first kappa shape index (κ1) is 16.4. The third-order valence-electron chi connectivity index (χ3n) is 4.83. The number of allylic oxidation sites excluding steroid dienone is 2. The Morgan fingerprint density at radius 2 is 2.08 bits per heavy atom. The van der Waals surface area contributed by atoms with E-state index in [1.165, 1.54) is 17.5 Å². The maximum Gasteiger partial charge on any atom is 0.119 e. The number of benzene rings is 1. The molecule has 1 aliphatic heterocycles. The number of nitrogens with zero attached hydrogens (tertiary/aromatic N) is 1. The fourth-order valence-corrected chi connectivity index (χ4v) is 3.69. The Bertz CT molecular complexity index is 791. The van der Waals surface area contributed by atoms with Gasteiger partial charge >= 0.3 is 0 Å². The van der Waals surface area contributed by atoms with Crippen molar-refractivity contribution in [1.29, 1.82) is 5.41 Å². The van der Waals surface area contributed by atoms with Crippen molar-refractivity contribution in [3.05, 3.63) is 59.2 Å². The fourth-order valence-electron chi connectivity index (χ4n) is 3.69. The lowest BCUT2D eigenvalue weighted by Crippen LogP contribution is -2.30. The second-order valence-electron chi connectivity index (χ2n) is 6.37. The Labute approximate surface area is 143 Å². The van der Waals surface area contributed by atoms with Gasteiger partial charge < -0.3 is 19.5 Å². The summed E-state index contributed by atoms with van der Waals surface area (Å²) in [5.74, 6) is 2.72. The highest BCUT2D eigenvalue weighted by atomic mass is 16.5. The van der Waals surface area contributed by atoms with Crippen LogP contribution in [-0.4, -0.2) is 19.9 Å². The van der Waals surface area contributed by atoms with Crippen LogP contribution in [0.15, 0.2) is 46.5 Å². The predicted molar refractivity (Wildman–Crippen MR) is 97.4 cm³/mol. The number of furan rings is 1. The first-order valence-corrected chi connectivity index (χ1v) is 8.26. The molecular weight excluding hydrogens is 300 g/mol. The van der Waals surface area contributed by atoms with E-state index >= 15 is 0 Å². The molecular formula is C20H24N2O2. The minimum Gasteiger partial charge on any atom is -0.497 e. The van der Waals surface area contributed by atoms with Crippen LogP contribution < -0.4 is 9.64 Å². The van der Waals surface area contributed by atoms with Gasteiger partial charge in [0.2, 0.25) is 0 Å². The maximum atomic E-state index is 7.60. The first-order chi connectivity index (χ1) is 11.5. The van der Waals surface area contributed by atoms with Crippen molar-refractivity contribution < 1.29 is 9.15 Å². The summed E-state index contributed by atoms with van der Waals surface area (Å²) >= 11 is 0. The van der Waals surface area contributed by atoms with Crippen LogP contribution in [0.2, 0.25) is 0 Å². The number of anilines is 1. The molecule has 0 aliphatic carbocycles. The zero-order chi connectivity index (χ0) is 17.3. The van der Waals surface area contributed by atoms with E-state index in [4.69, 9.17) is 14.6 Å². The van der Waals surface area contributed by atoms with Gasteiger partial charge in [0.05, 0.1) is 7.11 Å². The fraction of sp³-hybridized carbons (Fsp3) is 0.350. The molecule has 1 N–H and O–H groups in total. The van der Waals surface area contributed by atoms with E-state index in [2.05, 4.69) is 30.9 Å². The highest BCUT2D eigenvalue weighted by Gasteiger charge is 2.44. The summed E-state index contributed by atoms with van der Waals surface area (Å²) < 4.78 is 11.3. The average Bonchev–Trinajstić information content (AvgIpc) is 3.08. The lowest BCUT2D eigenvalue weighted by molar-refractivity contribution is 0.410. The zero-order valence-corrected chi connectivity index (χ0v) is 14.7. The second kappa shape index (κ2) is 6.19. The molecule has 1 atom stereocenters. The normalized spacial score (nSPS) is 21.2. The highest BCUT2D eigenvalue weighted by molar-refractivity contribution is 5.79. The van der Waals surface area contributed by atoms with E-state index in [0.29, 0.717) is 0 Å². The van der Waals surface area contributed by atoms with Crippen LogP contribution in [-0.2, 0) is 11.8 Å². The number of hydrogen-bond donors (Lipinski definition) is 1. The van der Waals surface area contributed by atoms with Crippen molar-refractivity contribution in [2.75, 3.05) is 18.6 Å². The molecule has 24 heavy (non-hydrogen) atoms. The van der Waals surface area contributed by atoms with Gasteiger partial charge in [-0.05, 0) is 62.7 Å². The highest BCUT2D eigenvalue weighted by Crippen LogP contribution is 2.50. The molecule has 0 saturated carbocycles. The van der Waals surface area contributed by atoms with E-state index < -0.39 is 0 Å². The Morgan fingerprint density at radius 1 is 1.29 bits per heavy atom. The van der Waals surface area contributed by atoms with E-state index in [1.807, 2.05) is 31.2 Å². The summed E-state index contributed by atoms with van der Waals surface area (Å²) in [6.07, 6.45) is 4.01. The van der Waals surface area contributed by atoms with Crippen LogP contribution in [0, 0.1) is 12.3 Å². The molecule has 0 radical (unpaired) electrons. The summed E-state index contributed by atoms with van der Waals surface area (Å²) in [7, 11) is 1.69. The molecule has 1 unspecified atom stereocenters. The van der Waals surface area contributed by atoms with Crippen LogP contribution in [0.25, 0.3) is 0 Å². The summed E-state index contributed by atoms with van der Waals surface area (Å²) in [4.78, 5) is 2.27. The minimum atomic E-state index is -0.262. The molecule has 126 valence electrons. The van der Waals surface area contributed by atoms with Gasteiger partial charge in [-0.15, -0.1) is 0 Å². The van der Waals surface area contributed by atoms with Crippen molar-refractivity contribution in [1.82, 2.24) is 0 Å². The molecule has 4 nitrogen and oxygen atoms in total. The number of nitrogens with one attached hydrogen (secondary N) is 1. The topological polar surface area (TPSA) is 49.5 Å².